The summed E-state index contributed by atoms with van der Waals surface area (Å²) in [6.45, 7) is 2.99. The van der Waals surface area contributed by atoms with E-state index in [2.05, 4.69) is 0 Å². The monoisotopic (exact) mass is 251 g/mol. The van der Waals surface area contributed by atoms with E-state index in [0.717, 1.165) is 5.56 Å². The van der Waals surface area contributed by atoms with Crippen molar-refractivity contribution in [3.05, 3.63) is 29.3 Å². The molecular formula is C13H17NO4. The first-order valence-corrected chi connectivity index (χ1v) is 5.93. The standard InChI is InChI=1S/C13H17NO4/c1-9-2-3-10(6-12(9)16)13(17)14-4-5-18-11(7-14)8-15/h2-3,6,11,15-16H,4-5,7-8H2,1H3. The maximum atomic E-state index is 12.2. The summed E-state index contributed by atoms with van der Waals surface area (Å²) in [5, 5.41) is 18.6. The number of nitrogens with zero attached hydrogens (tertiary/aromatic N) is 1. The van der Waals surface area contributed by atoms with Gasteiger partial charge in [0.2, 0.25) is 0 Å². The molecule has 0 aromatic heterocycles. The summed E-state index contributed by atoms with van der Waals surface area (Å²) < 4.78 is 5.29. The van der Waals surface area contributed by atoms with E-state index in [-0.39, 0.29) is 24.4 Å². The molecule has 18 heavy (non-hydrogen) atoms. The Hall–Kier alpha value is -1.59. The molecule has 5 nitrogen and oxygen atoms in total. The Morgan fingerprint density at radius 2 is 2.33 bits per heavy atom. The van der Waals surface area contributed by atoms with Crippen LogP contribution in [0, 0.1) is 6.92 Å². The zero-order valence-electron chi connectivity index (χ0n) is 10.3. The molecule has 1 aromatic rings. The van der Waals surface area contributed by atoms with Crippen molar-refractivity contribution in [1.82, 2.24) is 4.90 Å². The van der Waals surface area contributed by atoms with Crippen LogP contribution >= 0.6 is 0 Å². The van der Waals surface area contributed by atoms with Gasteiger partial charge in [0.1, 0.15) is 5.75 Å². The Bertz CT molecular complexity index is 447. The molecule has 1 amide bonds. The topological polar surface area (TPSA) is 70.0 Å². The molecule has 1 heterocycles. The Labute approximate surface area is 106 Å². The largest absolute Gasteiger partial charge is 0.508 e. The summed E-state index contributed by atoms with van der Waals surface area (Å²) >= 11 is 0. The molecule has 0 spiro atoms. The maximum Gasteiger partial charge on any atom is 0.254 e. The molecule has 1 aromatic carbocycles. The fourth-order valence-electron chi connectivity index (χ4n) is 1.94. The number of aliphatic hydroxyl groups is 1. The van der Waals surface area contributed by atoms with Crippen LogP contribution in [0.25, 0.3) is 0 Å². The van der Waals surface area contributed by atoms with Crippen LogP contribution in [0.3, 0.4) is 0 Å². The summed E-state index contributed by atoms with van der Waals surface area (Å²) in [7, 11) is 0. The highest BCUT2D eigenvalue weighted by molar-refractivity contribution is 5.94. The van der Waals surface area contributed by atoms with Gasteiger partial charge in [0.25, 0.3) is 5.91 Å². The lowest BCUT2D eigenvalue weighted by molar-refractivity contribution is -0.0447. The molecular weight excluding hydrogens is 234 g/mol. The van der Waals surface area contributed by atoms with E-state index >= 15 is 0 Å². The predicted molar refractivity (Wildman–Crippen MR) is 65.6 cm³/mol. The zero-order valence-corrected chi connectivity index (χ0v) is 10.3. The van der Waals surface area contributed by atoms with Gasteiger partial charge >= 0.3 is 0 Å². The molecule has 1 saturated heterocycles. The quantitative estimate of drug-likeness (QED) is 0.804. The number of phenols is 1. The normalized spacial score (nSPS) is 19.9. The van der Waals surface area contributed by atoms with Crippen molar-refractivity contribution in [2.45, 2.75) is 13.0 Å². The number of carbonyl (C=O) groups excluding carboxylic acids is 1. The number of carbonyl (C=O) groups is 1. The van der Waals surface area contributed by atoms with Gasteiger partial charge in [-0.25, -0.2) is 0 Å². The third-order valence-electron chi connectivity index (χ3n) is 3.09. The molecule has 1 aliphatic heterocycles. The summed E-state index contributed by atoms with van der Waals surface area (Å²) in [4.78, 5) is 13.8. The van der Waals surface area contributed by atoms with Crippen molar-refractivity contribution in [3.8, 4) is 5.75 Å². The number of rotatable bonds is 2. The molecule has 0 aliphatic carbocycles. The van der Waals surface area contributed by atoms with Gasteiger partial charge in [0.05, 0.1) is 19.3 Å². The van der Waals surface area contributed by atoms with Gasteiger partial charge in [-0.3, -0.25) is 4.79 Å². The number of ether oxygens (including phenoxy) is 1. The molecule has 1 aliphatic rings. The zero-order chi connectivity index (χ0) is 13.1. The second kappa shape index (κ2) is 5.37. The number of hydrogen-bond acceptors (Lipinski definition) is 4. The molecule has 2 N–H and O–H groups in total. The average Bonchev–Trinajstić information content (AvgIpc) is 2.41. The van der Waals surface area contributed by atoms with E-state index in [1.54, 1.807) is 24.0 Å². The molecule has 1 atom stereocenters. The lowest BCUT2D eigenvalue weighted by atomic mass is 10.1. The molecule has 5 heteroatoms. The first-order valence-electron chi connectivity index (χ1n) is 5.93. The fourth-order valence-corrected chi connectivity index (χ4v) is 1.94. The third kappa shape index (κ3) is 2.63. The van der Waals surface area contributed by atoms with Crippen LogP contribution in [0.15, 0.2) is 18.2 Å². The van der Waals surface area contributed by atoms with Gasteiger partial charge in [0.15, 0.2) is 0 Å². The highest BCUT2D eigenvalue weighted by Gasteiger charge is 2.24. The number of aromatic hydroxyl groups is 1. The Morgan fingerprint density at radius 1 is 1.56 bits per heavy atom. The molecule has 0 bridgehead atoms. The minimum Gasteiger partial charge on any atom is -0.508 e. The first kappa shape index (κ1) is 12.9. The smallest absolute Gasteiger partial charge is 0.254 e. The maximum absolute atomic E-state index is 12.2. The van der Waals surface area contributed by atoms with Gasteiger partial charge in [-0.05, 0) is 24.6 Å². The first-order chi connectivity index (χ1) is 8.61. The van der Waals surface area contributed by atoms with Crippen molar-refractivity contribution in [2.24, 2.45) is 0 Å². The van der Waals surface area contributed by atoms with Gasteiger partial charge in [-0.15, -0.1) is 0 Å². The van der Waals surface area contributed by atoms with Crippen LogP contribution in [-0.4, -0.2) is 53.4 Å². The minimum absolute atomic E-state index is 0.0943. The van der Waals surface area contributed by atoms with Gasteiger partial charge in [-0.1, -0.05) is 6.07 Å². The molecule has 0 radical (unpaired) electrons. The number of morpholine rings is 1. The Morgan fingerprint density at radius 3 is 3.00 bits per heavy atom. The average molecular weight is 251 g/mol. The van der Waals surface area contributed by atoms with E-state index < -0.39 is 0 Å². The molecule has 98 valence electrons. The van der Waals surface area contributed by atoms with Crippen molar-refractivity contribution in [2.75, 3.05) is 26.3 Å². The van der Waals surface area contributed by atoms with Gasteiger partial charge < -0.3 is 19.8 Å². The number of aliphatic hydroxyl groups excluding tert-OH is 1. The Balaban J connectivity index is 2.12. The highest BCUT2D eigenvalue weighted by atomic mass is 16.5. The van der Waals surface area contributed by atoms with Crippen molar-refractivity contribution in [1.29, 1.82) is 0 Å². The lowest BCUT2D eigenvalue weighted by Crippen LogP contribution is -2.46. The van der Waals surface area contributed by atoms with Crippen LogP contribution in [0.4, 0.5) is 0 Å². The molecule has 2 rings (SSSR count). The lowest BCUT2D eigenvalue weighted by Gasteiger charge is -2.32. The summed E-state index contributed by atoms with van der Waals surface area (Å²) in [5.74, 6) is -0.0279. The number of phenolic OH excluding ortho intramolecular Hbond substituents is 1. The van der Waals surface area contributed by atoms with E-state index in [1.165, 1.54) is 6.07 Å². The minimum atomic E-state index is -0.318. The molecule has 0 saturated carbocycles. The summed E-state index contributed by atoms with van der Waals surface area (Å²) in [6.07, 6.45) is -0.318. The van der Waals surface area contributed by atoms with Crippen molar-refractivity contribution in [3.63, 3.8) is 0 Å². The summed E-state index contributed by atoms with van der Waals surface area (Å²) in [5.41, 5.74) is 1.19. The van der Waals surface area contributed by atoms with Gasteiger partial charge in [-0.2, -0.15) is 0 Å². The highest BCUT2D eigenvalue weighted by Crippen LogP contribution is 2.19. The van der Waals surface area contributed by atoms with Crippen molar-refractivity contribution >= 4 is 5.91 Å². The fraction of sp³-hybridized carbons (Fsp3) is 0.462. The van der Waals surface area contributed by atoms with Crippen LogP contribution in [0.5, 0.6) is 5.75 Å². The molecule has 1 unspecified atom stereocenters. The van der Waals surface area contributed by atoms with Crippen molar-refractivity contribution < 1.29 is 19.7 Å². The second-order valence-electron chi connectivity index (χ2n) is 4.43. The number of amides is 1. The third-order valence-corrected chi connectivity index (χ3v) is 3.09. The second-order valence-corrected chi connectivity index (χ2v) is 4.43. The Kier molecular flexibility index (Phi) is 3.84. The SMILES string of the molecule is Cc1ccc(C(=O)N2CCOC(CO)C2)cc1O. The van der Waals surface area contributed by atoms with Crippen LogP contribution in [-0.2, 0) is 4.74 Å². The van der Waals surface area contributed by atoms with E-state index in [9.17, 15) is 9.90 Å². The molecule has 1 fully saturated rings. The van der Waals surface area contributed by atoms with E-state index in [1.807, 2.05) is 0 Å². The van der Waals surface area contributed by atoms with Crippen LogP contribution in [0.2, 0.25) is 0 Å². The van der Waals surface area contributed by atoms with E-state index in [0.29, 0.717) is 25.3 Å². The van der Waals surface area contributed by atoms with E-state index in [4.69, 9.17) is 9.84 Å². The van der Waals surface area contributed by atoms with Gasteiger partial charge in [0, 0.05) is 18.7 Å². The number of aryl methyl sites for hydroxylation is 1. The summed E-state index contributed by atoms with van der Waals surface area (Å²) in [6, 6.07) is 4.88. The predicted octanol–water partition coefficient (Wildman–Crippen LogP) is 0.534. The van der Waals surface area contributed by atoms with Crippen LogP contribution in [0.1, 0.15) is 15.9 Å². The number of benzene rings is 1. The number of hydrogen-bond donors (Lipinski definition) is 2. The van der Waals surface area contributed by atoms with Crippen LogP contribution < -0.4 is 0 Å².